The molecule has 1 aliphatic heterocycles. The van der Waals surface area contributed by atoms with Gasteiger partial charge in [-0.05, 0) is 19.2 Å². The summed E-state index contributed by atoms with van der Waals surface area (Å²) in [6.07, 6.45) is -0.00336. The van der Waals surface area contributed by atoms with Gasteiger partial charge in [0.15, 0.2) is 17.3 Å². The number of hydrogen-bond donors (Lipinski definition) is 0. The minimum Gasteiger partial charge on any atom is -0.486 e. The van der Waals surface area contributed by atoms with Gasteiger partial charge < -0.3 is 14.0 Å². The van der Waals surface area contributed by atoms with E-state index in [0.717, 1.165) is 18.0 Å². The smallest absolute Gasteiger partial charge is 0.229 e. The first-order valence-electron chi connectivity index (χ1n) is 7.51. The van der Waals surface area contributed by atoms with E-state index in [1.165, 1.54) is 0 Å². The lowest BCUT2D eigenvalue weighted by molar-refractivity contribution is 0.0630. The molecule has 1 aromatic carbocycles. The lowest BCUT2D eigenvalue weighted by Gasteiger charge is -2.29. The van der Waals surface area contributed by atoms with Crippen LogP contribution in [0.25, 0.3) is 0 Å². The third kappa shape index (κ3) is 3.39. The first kappa shape index (κ1) is 14.8. The molecule has 1 aliphatic rings. The molecule has 0 unspecified atom stereocenters. The van der Waals surface area contributed by atoms with E-state index in [-0.39, 0.29) is 12.0 Å². The van der Waals surface area contributed by atoms with E-state index >= 15 is 0 Å². The maximum Gasteiger partial charge on any atom is 0.229 e. The molecule has 1 atom stereocenters. The van der Waals surface area contributed by atoms with E-state index < -0.39 is 0 Å². The highest BCUT2D eigenvalue weighted by Crippen LogP contribution is 2.30. The van der Waals surface area contributed by atoms with Gasteiger partial charge in [0.1, 0.15) is 12.7 Å². The zero-order valence-corrected chi connectivity index (χ0v) is 13.2. The predicted molar refractivity (Wildman–Crippen MR) is 81.1 cm³/mol. The molecule has 0 saturated carbocycles. The predicted octanol–water partition coefficient (Wildman–Crippen LogP) is 2.46. The molecular weight excluding hydrogens is 282 g/mol. The summed E-state index contributed by atoms with van der Waals surface area (Å²) in [5.74, 6) is 3.23. The Morgan fingerprint density at radius 3 is 2.77 bits per heavy atom. The Morgan fingerprint density at radius 2 is 2.05 bits per heavy atom. The van der Waals surface area contributed by atoms with Crippen LogP contribution in [-0.4, -0.2) is 41.3 Å². The average molecular weight is 303 g/mol. The number of ether oxygens (including phenoxy) is 2. The molecule has 3 rings (SSSR count). The van der Waals surface area contributed by atoms with Crippen LogP contribution in [0.4, 0.5) is 0 Å². The second-order valence-electron chi connectivity index (χ2n) is 5.90. The lowest BCUT2D eigenvalue weighted by atomic mass is 10.2. The van der Waals surface area contributed by atoms with Crippen molar-refractivity contribution in [2.75, 3.05) is 20.2 Å². The number of likely N-dealkylation sites (N-methyl/N-ethyl adjacent to an activating group) is 1. The highest BCUT2D eigenvalue weighted by molar-refractivity contribution is 5.40. The molecule has 2 heterocycles. The van der Waals surface area contributed by atoms with Gasteiger partial charge in [0.2, 0.25) is 5.89 Å². The Bertz CT molecular complexity index is 627. The fourth-order valence-electron chi connectivity index (χ4n) is 2.37. The van der Waals surface area contributed by atoms with Crippen molar-refractivity contribution in [3.63, 3.8) is 0 Å². The third-order valence-corrected chi connectivity index (χ3v) is 3.47. The van der Waals surface area contributed by atoms with Gasteiger partial charge in [-0.2, -0.15) is 4.98 Å². The number of para-hydroxylation sites is 2. The van der Waals surface area contributed by atoms with E-state index in [9.17, 15) is 0 Å². The SMILES string of the molecule is CC(C)c1nc(CN(C)C[C@H]2COc3ccccc3O2)no1. The van der Waals surface area contributed by atoms with Gasteiger partial charge in [-0.3, -0.25) is 4.90 Å². The summed E-state index contributed by atoms with van der Waals surface area (Å²) in [5, 5.41) is 4.01. The fraction of sp³-hybridized carbons (Fsp3) is 0.500. The quantitative estimate of drug-likeness (QED) is 0.845. The van der Waals surface area contributed by atoms with Crippen molar-refractivity contribution in [2.45, 2.75) is 32.4 Å². The molecule has 0 amide bonds. The molecule has 118 valence electrons. The molecule has 0 saturated heterocycles. The largest absolute Gasteiger partial charge is 0.486 e. The summed E-state index contributed by atoms with van der Waals surface area (Å²) in [6, 6.07) is 7.73. The first-order chi connectivity index (χ1) is 10.6. The van der Waals surface area contributed by atoms with Gasteiger partial charge in [0.25, 0.3) is 0 Å². The van der Waals surface area contributed by atoms with Crippen molar-refractivity contribution in [3.8, 4) is 11.5 Å². The molecule has 0 N–H and O–H groups in total. The summed E-state index contributed by atoms with van der Waals surface area (Å²) in [5.41, 5.74) is 0. The van der Waals surface area contributed by atoms with Gasteiger partial charge in [-0.15, -0.1) is 0 Å². The van der Waals surface area contributed by atoms with Crippen molar-refractivity contribution < 1.29 is 14.0 Å². The van der Waals surface area contributed by atoms with Crippen LogP contribution in [0.1, 0.15) is 31.5 Å². The van der Waals surface area contributed by atoms with Gasteiger partial charge in [-0.1, -0.05) is 31.1 Å². The standard InChI is InChI=1S/C16H21N3O3/c1-11(2)16-17-15(18-22-16)9-19(3)8-12-10-20-13-6-4-5-7-14(13)21-12/h4-7,11-12H,8-10H2,1-3H3/t12-/m0/s1. The summed E-state index contributed by atoms with van der Waals surface area (Å²) in [6.45, 7) is 5.97. The molecule has 1 aromatic heterocycles. The van der Waals surface area contributed by atoms with Crippen LogP contribution in [0.2, 0.25) is 0 Å². The van der Waals surface area contributed by atoms with E-state index in [0.29, 0.717) is 24.9 Å². The number of fused-ring (bicyclic) bond motifs is 1. The van der Waals surface area contributed by atoms with Crippen LogP contribution >= 0.6 is 0 Å². The molecule has 6 nitrogen and oxygen atoms in total. The zero-order chi connectivity index (χ0) is 15.5. The number of aromatic nitrogens is 2. The van der Waals surface area contributed by atoms with Crippen LogP contribution in [0.5, 0.6) is 11.5 Å². The van der Waals surface area contributed by atoms with Crippen molar-refractivity contribution in [3.05, 3.63) is 36.0 Å². The molecule has 2 aromatic rings. The number of hydrogen-bond acceptors (Lipinski definition) is 6. The molecule has 0 fully saturated rings. The summed E-state index contributed by atoms with van der Waals surface area (Å²) < 4.78 is 16.9. The van der Waals surface area contributed by atoms with E-state index in [2.05, 4.69) is 15.0 Å². The Labute approximate surface area is 130 Å². The van der Waals surface area contributed by atoms with Gasteiger partial charge in [0, 0.05) is 12.5 Å². The minimum atomic E-state index is -0.00336. The van der Waals surface area contributed by atoms with Gasteiger partial charge >= 0.3 is 0 Å². The van der Waals surface area contributed by atoms with Gasteiger partial charge in [0.05, 0.1) is 6.54 Å². The molecule has 22 heavy (non-hydrogen) atoms. The van der Waals surface area contributed by atoms with Crippen molar-refractivity contribution >= 4 is 0 Å². The highest BCUT2D eigenvalue weighted by atomic mass is 16.6. The number of benzene rings is 1. The van der Waals surface area contributed by atoms with Crippen molar-refractivity contribution in [1.82, 2.24) is 15.0 Å². The zero-order valence-electron chi connectivity index (χ0n) is 13.2. The van der Waals surface area contributed by atoms with E-state index in [1.807, 2.05) is 45.2 Å². The Hall–Kier alpha value is -2.08. The average Bonchev–Trinajstić information content (AvgIpc) is 2.95. The molecule has 0 radical (unpaired) electrons. The molecule has 0 aliphatic carbocycles. The third-order valence-electron chi connectivity index (χ3n) is 3.47. The fourth-order valence-corrected chi connectivity index (χ4v) is 2.37. The minimum absolute atomic E-state index is 0.00336. The van der Waals surface area contributed by atoms with E-state index in [1.54, 1.807) is 0 Å². The number of nitrogens with zero attached hydrogens (tertiary/aromatic N) is 3. The summed E-state index contributed by atoms with van der Waals surface area (Å²) >= 11 is 0. The maximum absolute atomic E-state index is 5.95. The van der Waals surface area contributed by atoms with Gasteiger partial charge in [-0.25, -0.2) is 0 Å². The normalized spacial score (nSPS) is 17.2. The molecule has 0 spiro atoms. The van der Waals surface area contributed by atoms with E-state index in [4.69, 9.17) is 14.0 Å². The van der Waals surface area contributed by atoms with Crippen LogP contribution in [0.15, 0.2) is 28.8 Å². The second kappa shape index (κ2) is 6.36. The van der Waals surface area contributed by atoms with Crippen molar-refractivity contribution in [1.29, 1.82) is 0 Å². The van der Waals surface area contributed by atoms with Crippen LogP contribution in [0.3, 0.4) is 0 Å². The summed E-state index contributed by atoms with van der Waals surface area (Å²) in [4.78, 5) is 6.50. The second-order valence-corrected chi connectivity index (χ2v) is 5.90. The number of rotatable bonds is 5. The Kier molecular flexibility index (Phi) is 4.29. The Morgan fingerprint density at radius 1 is 1.27 bits per heavy atom. The van der Waals surface area contributed by atoms with Crippen LogP contribution in [-0.2, 0) is 6.54 Å². The lowest BCUT2D eigenvalue weighted by Crippen LogP contribution is -2.39. The van der Waals surface area contributed by atoms with Crippen molar-refractivity contribution in [2.24, 2.45) is 0 Å². The maximum atomic E-state index is 5.95. The Balaban J connectivity index is 1.55. The molecule has 6 heteroatoms. The highest BCUT2D eigenvalue weighted by Gasteiger charge is 2.22. The summed E-state index contributed by atoms with van der Waals surface area (Å²) in [7, 11) is 2.01. The topological polar surface area (TPSA) is 60.6 Å². The molecular formula is C16H21N3O3. The van der Waals surface area contributed by atoms with Crippen LogP contribution in [0, 0.1) is 0 Å². The molecule has 0 bridgehead atoms. The first-order valence-corrected chi connectivity index (χ1v) is 7.51. The monoisotopic (exact) mass is 303 g/mol. The van der Waals surface area contributed by atoms with Crippen LogP contribution < -0.4 is 9.47 Å².